The molecule has 1 atom stereocenters. The van der Waals surface area contributed by atoms with Crippen LogP contribution < -0.4 is 15.5 Å². The van der Waals surface area contributed by atoms with Crippen LogP contribution >= 0.6 is 0 Å². The van der Waals surface area contributed by atoms with E-state index >= 15 is 0 Å². The monoisotopic (exact) mass is 473 g/mol. The molecule has 4 rings (SSSR count). The van der Waals surface area contributed by atoms with Gasteiger partial charge in [0.25, 0.3) is 0 Å². The van der Waals surface area contributed by atoms with E-state index in [1.807, 2.05) is 6.92 Å². The molecule has 1 saturated heterocycles. The number of carbonyl (C=O) groups is 1. The Bertz CT molecular complexity index is 1110. The molecule has 1 fully saturated rings. The van der Waals surface area contributed by atoms with Gasteiger partial charge in [-0.25, -0.2) is 9.78 Å². The van der Waals surface area contributed by atoms with Crippen LogP contribution in [0.3, 0.4) is 0 Å². The quantitative estimate of drug-likeness (QED) is 0.537. The van der Waals surface area contributed by atoms with Gasteiger partial charge in [0.15, 0.2) is 0 Å². The lowest BCUT2D eigenvalue weighted by Gasteiger charge is -2.17. The number of anilines is 2. The summed E-state index contributed by atoms with van der Waals surface area (Å²) in [5.74, 6) is 0.820. The molecule has 4 heterocycles. The molecular formula is C23H26F3N7O. The van der Waals surface area contributed by atoms with Crippen LogP contribution in [0.1, 0.15) is 44.6 Å². The highest BCUT2D eigenvalue weighted by molar-refractivity contribution is 5.93. The molecule has 1 aliphatic heterocycles. The first-order chi connectivity index (χ1) is 16.2. The van der Waals surface area contributed by atoms with Crippen molar-refractivity contribution in [3.63, 3.8) is 0 Å². The number of pyridine rings is 2. The zero-order valence-corrected chi connectivity index (χ0v) is 19.1. The molecule has 2 N–H and O–H groups in total. The summed E-state index contributed by atoms with van der Waals surface area (Å²) < 4.78 is 38.7. The summed E-state index contributed by atoms with van der Waals surface area (Å²) in [5, 5.41) is 5.84. The smallest absolute Gasteiger partial charge is 0.346 e. The third kappa shape index (κ3) is 6.18. The minimum Gasteiger partial charge on any atom is -0.346 e. The number of urea groups is 1. The molecule has 3 aromatic heterocycles. The van der Waals surface area contributed by atoms with Gasteiger partial charge in [-0.3, -0.25) is 14.9 Å². The Morgan fingerprint density at radius 2 is 1.82 bits per heavy atom. The number of aromatic nitrogens is 4. The normalized spacial score (nSPS) is 14.2. The first-order valence-corrected chi connectivity index (χ1v) is 10.9. The van der Waals surface area contributed by atoms with Crippen LogP contribution in [-0.2, 0) is 6.18 Å². The van der Waals surface area contributed by atoms with Gasteiger partial charge in [-0.15, -0.1) is 0 Å². The van der Waals surface area contributed by atoms with E-state index in [0.29, 0.717) is 41.7 Å². The molecule has 11 heteroatoms. The molecule has 0 saturated carbocycles. The lowest BCUT2D eigenvalue weighted by molar-refractivity contribution is -0.141. The Morgan fingerprint density at radius 3 is 2.44 bits per heavy atom. The second-order valence-electron chi connectivity index (χ2n) is 7.59. The standard InChI is InChI=1S/C20H18F3N7O.C3H8/c1-12(28-18-25-7-5-17(29-18)30-9-8-26-19(30)31)15-3-2-14(11-27-15)13-4-6-24-16(10-13)20(21,22)23;1-3-2/h2-7,10-12H,8-9H2,1H3,(H,26,31)(H,25,28,29);3H2,1-2H3. The molecule has 1 aliphatic rings. The van der Waals surface area contributed by atoms with E-state index < -0.39 is 11.9 Å². The van der Waals surface area contributed by atoms with Crippen molar-refractivity contribution < 1.29 is 18.0 Å². The average molecular weight is 474 g/mol. The van der Waals surface area contributed by atoms with Gasteiger partial charge in [-0.2, -0.15) is 18.2 Å². The minimum atomic E-state index is -4.51. The molecule has 1 unspecified atom stereocenters. The number of nitrogens with one attached hydrogen (secondary N) is 2. The Morgan fingerprint density at radius 1 is 1.09 bits per heavy atom. The summed E-state index contributed by atoms with van der Waals surface area (Å²) in [6, 6.07) is 7.07. The van der Waals surface area contributed by atoms with Crippen molar-refractivity contribution in [3.8, 4) is 11.1 Å². The Balaban J connectivity index is 0.00000103. The lowest BCUT2D eigenvalue weighted by Crippen LogP contribution is -2.28. The van der Waals surface area contributed by atoms with E-state index in [1.54, 1.807) is 24.4 Å². The summed E-state index contributed by atoms with van der Waals surface area (Å²) in [6.45, 7) is 7.19. The predicted octanol–water partition coefficient (Wildman–Crippen LogP) is 5.07. The first-order valence-electron chi connectivity index (χ1n) is 10.9. The van der Waals surface area contributed by atoms with Crippen LogP contribution in [0.25, 0.3) is 11.1 Å². The summed E-state index contributed by atoms with van der Waals surface area (Å²) in [7, 11) is 0. The fraction of sp³-hybridized carbons (Fsp3) is 0.348. The van der Waals surface area contributed by atoms with Crippen molar-refractivity contribution in [2.45, 2.75) is 39.4 Å². The first kappa shape index (κ1) is 24.9. The molecule has 8 nitrogen and oxygen atoms in total. The SMILES string of the molecule is CC(Nc1nccc(N2CCNC2=O)n1)c1ccc(-c2ccnc(C(F)(F)F)c2)cn1.CCC. The van der Waals surface area contributed by atoms with Gasteiger partial charge in [0.2, 0.25) is 5.95 Å². The number of nitrogens with zero attached hydrogens (tertiary/aromatic N) is 5. The van der Waals surface area contributed by atoms with Gasteiger partial charge >= 0.3 is 12.2 Å². The number of amides is 2. The third-order valence-corrected chi connectivity index (χ3v) is 4.73. The van der Waals surface area contributed by atoms with Crippen molar-refractivity contribution in [1.82, 2.24) is 25.3 Å². The summed E-state index contributed by atoms with van der Waals surface area (Å²) >= 11 is 0. The third-order valence-electron chi connectivity index (χ3n) is 4.73. The summed E-state index contributed by atoms with van der Waals surface area (Å²) in [5.41, 5.74) is 0.624. The largest absolute Gasteiger partial charge is 0.433 e. The van der Waals surface area contributed by atoms with Gasteiger partial charge in [0.1, 0.15) is 11.5 Å². The number of alkyl halides is 3. The molecular weight excluding hydrogens is 447 g/mol. The highest BCUT2D eigenvalue weighted by Crippen LogP contribution is 2.30. The van der Waals surface area contributed by atoms with Crippen LogP contribution in [0.5, 0.6) is 0 Å². The van der Waals surface area contributed by atoms with Gasteiger partial charge in [0, 0.05) is 37.2 Å². The number of hydrogen-bond donors (Lipinski definition) is 2. The van der Waals surface area contributed by atoms with Crippen LogP contribution in [0.2, 0.25) is 0 Å². The minimum absolute atomic E-state index is 0.209. The average Bonchev–Trinajstić information content (AvgIpc) is 3.25. The molecule has 0 radical (unpaired) electrons. The Hall–Kier alpha value is -3.76. The van der Waals surface area contributed by atoms with E-state index in [1.165, 1.54) is 23.6 Å². The van der Waals surface area contributed by atoms with Crippen LogP contribution in [0.15, 0.2) is 48.9 Å². The van der Waals surface area contributed by atoms with E-state index in [-0.39, 0.29) is 12.1 Å². The number of carbonyl (C=O) groups excluding carboxylic acids is 1. The number of halogens is 3. The van der Waals surface area contributed by atoms with Crippen molar-refractivity contribution in [2.24, 2.45) is 0 Å². The van der Waals surface area contributed by atoms with Gasteiger partial charge in [0.05, 0.1) is 11.7 Å². The topological polar surface area (TPSA) is 95.9 Å². The fourth-order valence-electron chi connectivity index (χ4n) is 3.12. The van der Waals surface area contributed by atoms with Crippen LogP contribution in [0.4, 0.5) is 29.7 Å². The summed E-state index contributed by atoms with van der Waals surface area (Å²) in [4.78, 5) is 29.6. The Labute approximate surface area is 195 Å². The highest BCUT2D eigenvalue weighted by atomic mass is 19.4. The molecule has 0 bridgehead atoms. The zero-order valence-electron chi connectivity index (χ0n) is 19.1. The van der Waals surface area contributed by atoms with E-state index in [2.05, 4.69) is 44.4 Å². The highest BCUT2D eigenvalue weighted by Gasteiger charge is 2.32. The van der Waals surface area contributed by atoms with E-state index in [9.17, 15) is 18.0 Å². The second-order valence-corrected chi connectivity index (χ2v) is 7.59. The van der Waals surface area contributed by atoms with E-state index in [0.717, 1.165) is 12.3 Å². The molecule has 180 valence electrons. The van der Waals surface area contributed by atoms with Crippen molar-refractivity contribution in [3.05, 3.63) is 60.3 Å². The number of hydrogen-bond acceptors (Lipinski definition) is 6. The van der Waals surface area contributed by atoms with Crippen LogP contribution in [0, 0.1) is 0 Å². The Kier molecular flexibility index (Phi) is 7.98. The number of rotatable bonds is 5. The maximum atomic E-state index is 12.9. The van der Waals surface area contributed by atoms with Crippen molar-refractivity contribution in [2.75, 3.05) is 23.3 Å². The molecule has 34 heavy (non-hydrogen) atoms. The van der Waals surface area contributed by atoms with Crippen molar-refractivity contribution in [1.29, 1.82) is 0 Å². The molecule has 0 aromatic carbocycles. The second kappa shape index (κ2) is 10.9. The molecule has 0 spiro atoms. The molecule has 0 aliphatic carbocycles. The van der Waals surface area contributed by atoms with Crippen LogP contribution in [-0.4, -0.2) is 39.1 Å². The fourth-order valence-corrected chi connectivity index (χ4v) is 3.12. The van der Waals surface area contributed by atoms with Gasteiger partial charge in [-0.1, -0.05) is 26.3 Å². The van der Waals surface area contributed by atoms with Crippen molar-refractivity contribution >= 4 is 17.8 Å². The molecule has 2 amide bonds. The lowest BCUT2D eigenvalue weighted by atomic mass is 10.1. The maximum absolute atomic E-state index is 12.9. The summed E-state index contributed by atoms with van der Waals surface area (Å²) in [6.07, 6.45) is 0.934. The predicted molar refractivity (Wildman–Crippen MR) is 123 cm³/mol. The van der Waals surface area contributed by atoms with Gasteiger partial charge in [-0.05, 0) is 36.8 Å². The maximum Gasteiger partial charge on any atom is 0.433 e. The van der Waals surface area contributed by atoms with E-state index in [4.69, 9.17) is 0 Å². The van der Waals surface area contributed by atoms with Gasteiger partial charge < -0.3 is 10.6 Å². The molecule has 3 aromatic rings. The zero-order chi connectivity index (χ0) is 24.7.